The van der Waals surface area contributed by atoms with Crippen LogP contribution < -0.4 is 24.8 Å². The molecule has 0 aliphatic heterocycles. The molecule has 0 aliphatic carbocycles. The number of carboxylic acids is 1. The highest BCUT2D eigenvalue weighted by Gasteiger charge is 2.36. The Kier molecular flexibility index (Phi) is 18.9. The topological polar surface area (TPSA) is 272 Å². The van der Waals surface area contributed by atoms with Gasteiger partial charge in [0.2, 0.25) is 15.0 Å². The molecule has 2 atom stereocenters. The van der Waals surface area contributed by atoms with Gasteiger partial charge in [0.1, 0.15) is 28.9 Å². The van der Waals surface area contributed by atoms with Crippen molar-refractivity contribution in [3.05, 3.63) is 97.8 Å². The molecule has 0 bridgehead atoms. The maximum Gasteiger partial charge on any atom is 0.445 e. The molecule has 18 nitrogen and oxygen atoms in total. The minimum Gasteiger partial charge on any atom is -0.480 e. The number of sulfonamides is 1. The number of nitrogens with zero attached hydrogens (tertiary/aromatic N) is 4. The molecule has 3 aromatic carbocycles. The van der Waals surface area contributed by atoms with Gasteiger partial charge in [-0.25, -0.2) is 17.5 Å². The Labute approximate surface area is 361 Å². The van der Waals surface area contributed by atoms with Gasteiger partial charge in [0.05, 0.1) is 21.8 Å². The monoisotopic (exact) mass is 982 g/mol. The molecule has 0 saturated heterocycles. The summed E-state index contributed by atoms with van der Waals surface area (Å²) in [6, 6.07) is 9.08. The van der Waals surface area contributed by atoms with Crippen LogP contribution in [0, 0.1) is 15.9 Å². The summed E-state index contributed by atoms with van der Waals surface area (Å²) in [5.41, 5.74) is 3.20. The lowest BCUT2D eigenvalue weighted by molar-refractivity contribution is -0.385. The number of aromatic nitrogens is 2. The summed E-state index contributed by atoms with van der Waals surface area (Å²) in [4.78, 5) is 54.7. The Hall–Kier alpha value is -5.47. The lowest BCUT2D eigenvalue weighted by Crippen LogP contribution is -2.40. The van der Waals surface area contributed by atoms with E-state index in [4.69, 9.17) is 36.8 Å². The first kappa shape index (κ1) is 53.7. The van der Waals surface area contributed by atoms with Gasteiger partial charge in [-0.1, -0.05) is 28.0 Å². The molecule has 1 heterocycles. The second-order valence-electron chi connectivity index (χ2n) is 12.9. The molecule has 2 unspecified atom stereocenters. The molecule has 4 rings (SSSR count). The Bertz CT molecular complexity index is 2420. The standard InChI is InChI=1S/C15H10ClF3N2O6S.C14H13F4N3O2S.C5H12NO4P/c1-28(25,26)20-14(22)10-7-9(3-4-12(10)21(23)24)27-13-5-2-8(6-11(13)16)15(17,18)19;1-8(2)21(10-5-3-9(15)4-6-10)11(22)7-23-13-20-19-12(24-13)14(16,17)18;1-11(9,10)3-2-4(6)5(7)8/h2-7H,1H3,(H,20,22);3-6,8H,7H2,1-2H3;4H,2-3,6H2,1H3,(H,7,8)(H,9,10). The molecule has 0 fully saturated rings. The van der Waals surface area contributed by atoms with E-state index in [-0.39, 0.29) is 46.7 Å². The van der Waals surface area contributed by atoms with Crippen LogP contribution in [0.5, 0.6) is 16.7 Å². The molecular formula is C34H35ClF7N6O12PS2. The van der Waals surface area contributed by atoms with Crippen LogP contribution in [0.4, 0.5) is 42.1 Å². The van der Waals surface area contributed by atoms with E-state index < -0.39 is 97.8 Å². The summed E-state index contributed by atoms with van der Waals surface area (Å²) >= 11 is 5.97. The zero-order chi connectivity index (χ0) is 48.2. The number of carboxylic acid groups (broad SMARTS) is 1. The summed E-state index contributed by atoms with van der Waals surface area (Å²) in [5, 5.41) is 23.7. The highest BCUT2D eigenvalue weighted by Crippen LogP contribution is 2.38. The van der Waals surface area contributed by atoms with Crippen LogP contribution in [-0.4, -0.2) is 89.1 Å². The van der Waals surface area contributed by atoms with E-state index in [1.54, 1.807) is 18.6 Å². The summed E-state index contributed by atoms with van der Waals surface area (Å²) in [6.45, 7) is 4.16. The molecule has 29 heteroatoms. The average Bonchev–Trinajstić information content (AvgIpc) is 3.64. The number of hydrogen-bond acceptors (Lipinski definition) is 14. The third kappa shape index (κ3) is 18.4. The molecule has 1 aromatic heterocycles. The first-order valence-electron chi connectivity index (χ1n) is 17.0. The molecule has 346 valence electrons. The van der Waals surface area contributed by atoms with Gasteiger partial charge >= 0.3 is 18.3 Å². The van der Waals surface area contributed by atoms with E-state index in [9.17, 15) is 68.2 Å². The summed E-state index contributed by atoms with van der Waals surface area (Å²) in [5.74, 6) is -3.76. The normalized spacial score (nSPS) is 12.9. The lowest BCUT2D eigenvalue weighted by atomic mass is 10.1. The number of carbonyl (C=O) groups is 3. The second kappa shape index (κ2) is 22.2. The number of nitro groups is 1. The predicted octanol–water partition coefficient (Wildman–Crippen LogP) is 6.95. The molecule has 63 heavy (non-hydrogen) atoms. The van der Waals surface area contributed by atoms with Crippen molar-refractivity contribution >= 4 is 69.5 Å². The van der Waals surface area contributed by atoms with Gasteiger partial charge in [-0.2, -0.15) is 26.3 Å². The number of aliphatic carboxylic acids is 1. The number of nitrogens with one attached hydrogen (secondary N) is 1. The number of benzene rings is 3. The summed E-state index contributed by atoms with van der Waals surface area (Å²) < 4.78 is 133. The van der Waals surface area contributed by atoms with Crippen molar-refractivity contribution in [1.82, 2.24) is 14.9 Å². The molecule has 0 spiro atoms. The van der Waals surface area contributed by atoms with Crippen molar-refractivity contribution in [2.75, 3.05) is 30.6 Å². The quantitative estimate of drug-likeness (QED) is 0.0431. The molecule has 4 aromatic rings. The van der Waals surface area contributed by atoms with Crippen LogP contribution in [0.3, 0.4) is 0 Å². The number of carbonyl (C=O) groups excluding carboxylic acids is 2. The molecule has 2 amide bonds. The number of hydrogen-bond donors (Lipinski definition) is 4. The van der Waals surface area contributed by atoms with Gasteiger partial charge in [-0.3, -0.25) is 29.1 Å². The highest BCUT2D eigenvalue weighted by molar-refractivity contribution is 7.89. The minimum atomic E-state index is -4.62. The van der Waals surface area contributed by atoms with Crippen LogP contribution in [-0.2, 0) is 36.5 Å². The number of nitro benzene ring substituents is 1. The maximum absolute atomic E-state index is 13.0. The van der Waals surface area contributed by atoms with Gasteiger partial charge in [0.15, 0.2) is 14.0 Å². The van der Waals surface area contributed by atoms with Gasteiger partial charge in [0, 0.05) is 36.7 Å². The zero-order valence-electron chi connectivity index (χ0n) is 32.7. The highest BCUT2D eigenvalue weighted by atomic mass is 35.5. The van der Waals surface area contributed by atoms with Crippen molar-refractivity contribution in [1.29, 1.82) is 0 Å². The smallest absolute Gasteiger partial charge is 0.445 e. The van der Waals surface area contributed by atoms with Crippen molar-refractivity contribution in [2.45, 2.75) is 44.7 Å². The summed E-state index contributed by atoms with van der Waals surface area (Å²) in [6.07, 6.45) is -8.55. The van der Waals surface area contributed by atoms with E-state index in [0.717, 1.165) is 24.3 Å². The number of alkyl halides is 6. The first-order valence-corrected chi connectivity index (χ1v) is 22.4. The Balaban J connectivity index is 0.000000355. The van der Waals surface area contributed by atoms with Crippen LogP contribution in [0.2, 0.25) is 5.02 Å². The van der Waals surface area contributed by atoms with Crippen molar-refractivity contribution in [2.24, 2.45) is 5.73 Å². The third-order valence-corrected chi connectivity index (χ3v) is 10.0. The zero-order valence-corrected chi connectivity index (χ0v) is 36.0. The second-order valence-corrected chi connectivity index (χ2v) is 18.5. The van der Waals surface area contributed by atoms with E-state index >= 15 is 0 Å². The van der Waals surface area contributed by atoms with Crippen LogP contribution >= 0.6 is 30.3 Å². The lowest BCUT2D eigenvalue weighted by Gasteiger charge is -2.26. The predicted molar refractivity (Wildman–Crippen MR) is 212 cm³/mol. The van der Waals surface area contributed by atoms with Crippen LogP contribution in [0.15, 0.2) is 60.7 Å². The largest absolute Gasteiger partial charge is 0.480 e. The van der Waals surface area contributed by atoms with Gasteiger partial charge < -0.3 is 30.1 Å². The number of ether oxygens (including phenoxy) is 2. The molecule has 0 radical (unpaired) electrons. The van der Waals surface area contributed by atoms with E-state index in [2.05, 4.69) is 10.2 Å². The maximum atomic E-state index is 13.0. The SMILES string of the molecule is CC(C)N(C(=O)COc1nnc(C(F)(F)F)s1)c1ccc(F)cc1.CP(=O)(O)CCC(N)C(=O)O.CS(=O)(=O)NC(=O)c1cc(Oc2ccc(C(F)(F)F)cc2Cl)ccc1[N+](=O)[O-]. The van der Waals surface area contributed by atoms with Crippen LogP contribution in [0.25, 0.3) is 0 Å². The number of amides is 2. The fraction of sp³-hybridized carbons (Fsp3) is 0.324. The number of rotatable bonds is 14. The van der Waals surface area contributed by atoms with Gasteiger partial charge in [-0.15, -0.1) is 5.10 Å². The molecule has 0 saturated carbocycles. The minimum absolute atomic E-state index is 0.0412. The first-order chi connectivity index (χ1) is 28.8. The fourth-order valence-electron chi connectivity index (χ4n) is 4.44. The Morgan fingerprint density at radius 3 is 2.10 bits per heavy atom. The molecule has 5 N–H and O–H groups in total. The van der Waals surface area contributed by atoms with Gasteiger partial charge in [0.25, 0.3) is 22.7 Å². The van der Waals surface area contributed by atoms with Crippen LogP contribution in [0.1, 0.15) is 41.2 Å². The molecular weight excluding hydrogens is 948 g/mol. The third-order valence-electron chi connectivity index (χ3n) is 7.20. The van der Waals surface area contributed by atoms with Crippen molar-refractivity contribution in [3.63, 3.8) is 0 Å². The number of halogens is 8. The Morgan fingerprint density at radius 1 is 1.03 bits per heavy atom. The average molecular weight is 983 g/mol. The van der Waals surface area contributed by atoms with E-state index in [0.29, 0.717) is 24.1 Å². The van der Waals surface area contributed by atoms with E-state index in [1.807, 2.05) is 0 Å². The fourth-order valence-corrected chi connectivity index (χ4v) is 6.42. The van der Waals surface area contributed by atoms with Crippen molar-refractivity contribution in [3.8, 4) is 16.7 Å². The van der Waals surface area contributed by atoms with Gasteiger partial charge in [-0.05, 0) is 68.8 Å². The number of nitrogens with two attached hydrogens (primary N) is 1. The van der Waals surface area contributed by atoms with E-state index in [1.165, 1.54) is 35.8 Å². The van der Waals surface area contributed by atoms with Crippen molar-refractivity contribution < 1.29 is 82.5 Å². The summed E-state index contributed by atoms with van der Waals surface area (Å²) in [7, 11) is -7.10. The Morgan fingerprint density at radius 2 is 1.63 bits per heavy atom. The molecule has 0 aliphatic rings. The number of anilines is 1.